The van der Waals surface area contributed by atoms with Crippen LogP contribution >= 0.6 is 0 Å². The molecule has 0 aromatic carbocycles. The van der Waals surface area contributed by atoms with Gasteiger partial charge in [-0.1, -0.05) is 19.2 Å². The van der Waals surface area contributed by atoms with Crippen LogP contribution in [-0.4, -0.2) is 6.02 Å². The van der Waals surface area contributed by atoms with E-state index in [0.29, 0.717) is 6.42 Å². The van der Waals surface area contributed by atoms with Crippen LogP contribution in [0.15, 0.2) is 0 Å². The average molecular weight is 104 g/mol. The van der Waals surface area contributed by atoms with E-state index in [1.807, 2.05) is 0 Å². The van der Waals surface area contributed by atoms with Gasteiger partial charge >= 0.3 is 0 Å². The van der Waals surface area contributed by atoms with Crippen molar-refractivity contribution < 1.29 is 6.85 Å². The molecule has 7 heavy (non-hydrogen) atoms. The van der Waals surface area contributed by atoms with Crippen molar-refractivity contribution in [2.24, 2.45) is 5.73 Å². The molecule has 0 aliphatic heterocycles. The molecule has 1 saturated carbocycles. The van der Waals surface area contributed by atoms with Crippen LogP contribution in [0.4, 0.5) is 0 Å². The van der Waals surface area contributed by atoms with E-state index in [4.69, 9.17) is 12.6 Å². The maximum atomic E-state index is 7.45. The number of nitrogens with two attached hydrogens (primary N) is 1. The van der Waals surface area contributed by atoms with Gasteiger partial charge in [0.1, 0.15) is 0 Å². The standard InChI is InChI=1S/C6H13N/c7-6-4-2-1-3-5-6/h6H,1-5,7H2/i2D2,4D2,6D. The second-order valence-corrected chi connectivity index (χ2v) is 1.68. The second-order valence-electron chi connectivity index (χ2n) is 1.68. The minimum atomic E-state index is -2.25. The largest absolute Gasteiger partial charge is 0.328 e. The molecule has 0 heterocycles. The summed E-state index contributed by atoms with van der Waals surface area (Å²) >= 11 is 0. The lowest BCUT2D eigenvalue weighted by Crippen LogP contribution is -2.22. The summed E-state index contributed by atoms with van der Waals surface area (Å²) in [6.45, 7) is 0. The van der Waals surface area contributed by atoms with Gasteiger partial charge in [0, 0.05) is 12.9 Å². The van der Waals surface area contributed by atoms with Crippen LogP contribution < -0.4 is 5.73 Å². The van der Waals surface area contributed by atoms with Crippen LogP contribution in [0, 0.1) is 0 Å². The normalized spacial score (nSPS) is 68.4. The minimum absolute atomic E-state index is 0.151. The Labute approximate surface area is 51.9 Å². The Kier molecular flexibility index (Phi) is 0.571. The molecule has 0 radical (unpaired) electrons. The van der Waals surface area contributed by atoms with Crippen molar-refractivity contribution in [3.05, 3.63) is 0 Å². The number of rotatable bonds is 0. The van der Waals surface area contributed by atoms with Gasteiger partial charge in [0.05, 0.1) is 0 Å². The van der Waals surface area contributed by atoms with Gasteiger partial charge < -0.3 is 5.73 Å². The molecule has 0 amide bonds. The molecule has 1 heteroatoms. The summed E-state index contributed by atoms with van der Waals surface area (Å²) in [6, 6.07) is -1.78. The third-order valence-electron chi connectivity index (χ3n) is 0.997. The van der Waals surface area contributed by atoms with Gasteiger partial charge in [-0.15, -0.1) is 0 Å². The third-order valence-corrected chi connectivity index (χ3v) is 0.997. The van der Waals surface area contributed by atoms with E-state index in [-0.39, 0.29) is 12.8 Å². The predicted molar refractivity (Wildman–Crippen MR) is 31.1 cm³/mol. The fourth-order valence-electron chi connectivity index (χ4n) is 0.606. The van der Waals surface area contributed by atoms with E-state index in [1.165, 1.54) is 0 Å². The maximum Gasteiger partial charge on any atom is 0.0462 e. The SMILES string of the molecule is [2H]C1([2H])CCCC([2H])(N)C1([2H])[2H]. The second kappa shape index (κ2) is 2.31. The highest BCUT2D eigenvalue weighted by Gasteiger charge is 2.06. The Balaban J connectivity index is 2.99. The predicted octanol–water partition coefficient (Wildman–Crippen LogP) is 1.28. The summed E-state index contributed by atoms with van der Waals surface area (Å²) in [7, 11) is 0. The summed E-state index contributed by atoms with van der Waals surface area (Å²) < 4.78 is 37.0. The van der Waals surface area contributed by atoms with Crippen LogP contribution in [0.25, 0.3) is 0 Å². The highest BCUT2D eigenvalue weighted by molar-refractivity contribution is 4.66. The summed E-state index contributed by atoms with van der Waals surface area (Å²) in [5.41, 5.74) is 5.38. The molecule has 1 aliphatic carbocycles. The van der Waals surface area contributed by atoms with Crippen LogP contribution in [0.2, 0.25) is 0 Å². The molecule has 1 aliphatic rings. The fourth-order valence-corrected chi connectivity index (χ4v) is 0.606. The Hall–Kier alpha value is -0.0400. The van der Waals surface area contributed by atoms with E-state index < -0.39 is 18.8 Å². The quantitative estimate of drug-likeness (QED) is 0.492. The molecule has 0 spiro atoms. The molecule has 1 unspecified atom stereocenters. The van der Waals surface area contributed by atoms with Gasteiger partial charge in [0.2, 0.25) is 0 Å². The van der Waals surface area contributed by atoms with E-state index in [0.717, 1.165) is 0 Å². The minimum Gasteiger partial charge on any atom is -0.328 e. The third kappa shape index (κ3) is 1.48. The van der Waals surface area contributed by atoms with E-state index in [1.54, 1.807) is 0 Å². The summed E-state index contributed by atoms with van der Waals surface area (Å²) in [6.07, 6.45) is -3.37. The van der Waals surface area contributed by atoms with Crippen molar-refractivity contribution in [3.8, 4) is 0 Å². The number of hydrogen-bond acceptors (Lipinski definition) is 1. The fraction of sp³-hybridized carbons (Fsp3) is 1.00. The van der Waals surface area contributed by atoms with Gasteiger partial charge in [0.15, 0.2) is 0 Å². The molecule has 1 fully saturated rings. The zero-order valence-electron chi connectivity index (χ0n) is 9.20. The first-order chi connectivity index (χ1) is 5.21. The molecule has 1 nitrogen and oxygen atoms in total. The highest BCUT2D eigenvalue weighted by atomic mass is 14.6. The summed E-state index contributed by atoms with van der Waals surface area (Å²) in [4.78, 5) is 0. The van der Waals surface area contributed by atoms with Gasteiger partial charge in [-0.25, -0.2) is 0 Å². The highest BCUT2D eigenvalue weighted by Crippen LogP contribution is 2.14. The van der Waals surface area contributed by atoms with E-state index in [2.05, 4.69) is 0 Å². The zero-order chi connectivity index (χ0) is 9.62. The molecule has 1 rings (SSSR count). The molecule has 0 saturated heterocycles. The maximum absolute atomic E-state index is 7.45. The summed E-state index contributed by atoms with van der Waals surface area (Å²) in [5, 5.41) is 0. The smallest absolute Gasteiger partial charge is 0.0462 e. The van der Waals surface area contributed by atoms with Crippen molar-refractivity contribution in [1.82, 2.24) is 0 Å². The van der Waals surface area contributed by atoms with Crippen LogP contribution in [0.3, 0.4) is 0 Å². The van der Waals surface area contributed by atoms with Crippen molar-refractivity contribution in [1.29, 1.82) is 0 Å². The Morgan fingerprint density at radius 2 is 2.57 bits per heavy atom. The molecule has 0 aromatic rings. The Morgan fingerprint density at radius 1 is 1.71 bits per heavy atom. The van der Waals surface area contributed by atoms with Crippen molar-refractivity contribution in [3.63, 3.8) is 0 Å². The Morgan fingerprint density at radius 3 is 3.14 bits per heavy atom. The molecule has 0 aromatic heterocycles. The molecular formula is C6H13N. The first-order valence-electron chi connectivity index (χ1n) is 5.00. The van der Waals surface area contributed by atoms with Crippen molar-refractivity contribution in [2.75, 3.05) is 0 Å². The molecule has 42 valence electrons. The van der Waals surface area contributed by atoms with Gasteiger partial charge in [-0.05, 0) is 12.8 Å². The van der Waals surface area contributed by atoms with E-state index >= 15 is 0 Å². The molecule has 0 bridgehead atoms. The van der Waals surface area contributed by atoms with Gasteiger partial charge in [-0.3, -0.25) is 0 Å². The molecular weight excluding hydrogens is 86.1 g/mol. The van der Waals surface area contributed by atoms with Crippen LogP contribution in [0.1, 0.15) is 38.9 Å². The average Bonchev–Trinajstić information content (AvgIpc) is 1.83. The number of hydrogen-bond donors (Lipinski definition) is 1. The van der Waals surface area contributed by atoms with Crippen molar-refractivity contribution >= 4 is 0 Å². The first-order valence-corrected chi connectivity index (χ1v) is 2.50. The van der Waals surface area contributed by atoms with Crippen molar-refractivity contribution in [2.45, 2.75) is 38.0 Å². The van der Waals surface area contributed by atoms with Crippen LogP contribution in [-0.2, 0) is 0 Å². The lowest BCUT2D eigenvalue weighted by atomic mass is 9.97. The lowest BCUT2D eigenvalue weighted by Gasteiger charge is -2.15. The monoisotopic (exact) mass is 104 g/mol. The van der Waals surface area contributed by atoms with Gasteiger partial charge in [0.25, 0.3) is 0 Å². The Bertz CT molecular complexity index is 170. The van der Waals surface area contributed by atoms with Crippen LogP contribution in [0.5, 0.6) is 0 Å². The molecule has 2 N–H and O–H groups in total. The molecule has 1 atom stereocenters. The first kappa shape index (κ1) is 1.73. The lowest BCUT2D eigenvalue weighted by molar-refractivity contribution is 0.441. The zero-order valence-corrected chi connectivity index (χ0v) is 4.20. The topological polar surface area (TPSA) is 26.0 Å². The van der Waals surface area contributed by atoms with E-state index in [9.17, 15) is 0 Å². The summed E-state index contributed by atoms with van der Waals surface area (Å²) in [5.74, 6) is 0. The van der Waals surface area contributed by atoms with Gasteiger partial charge in [-0.2, -0.15) is 0 Å².